The number of carboxylic acid groups (broad SMARTS) is 1. The second-order valence-electron chi connectivity index (χ2n) is 8.97. The zero-order chi connectivity index (χ0) is 24.2. The molecule has 2 aliphatic rings. The second kappa shape index (κ2) is 10.6. The van der Waals surface area contributed by atoms with Crippen LogP contribution >= 0.6 is 11.3 Å². The molecule has 8 nitrogen and oxygen atoms in total. The Kier molecular flexibility index (Phi) is 7.08. The van der Waals surface area contributed by atoms with E-state index in [1.54, 1.807) is 18.3 Å². The van der Waals surface area contributed by atoms with Crippen molar-refractivity contribution in [2.24, 2.45) is 0 Å². The van der Waals surface area contributed by atoms with Gasteiger partial charge in [-0.1, -0.05) is 30.3 Å². The van der Waals surface area contributed by atoms with Gasteiger partial charge in [-0.25, -0.2) is 9.78 Å². The molecule has 0 spiro atoms. The zero-order valence-electron chi connectivity index (χ0n) is 19.4. The molecular formula is C26H29N5O3S. The molecule has 3 aromatic rings. The standard InChI is InChI=1S/C26H29N5O3S/c32-24(30-25-22(26(33)34)19-8-12-27-15-21(19)35-25)20-7-4-11-28-23(20)29-18-9-13-31(14-10-18)16-17-5-2-1-3-6-17/h1-7,11,18,27H,8-10,12-16H2,(H,28,29)(H,30,32)(H,33,34). The van der Waals surface area contributed by atoms with Crippen LogP contribution < -0.4 is 16.0 Å². The number of anilines is 2. The first-order valence-electron chi connectivity index (χ1n) is 12.0. The molecule has 1 amide bonds. The lowest BCUT2D eigenvalue weighted by molar-refractivity contribution is 0.0697. The number of piperidine rings is 1. The molecule has 0 saturated carbocycles. The van der Waals surface area contributed by atoms with Crippen molar-refractivity contribution in [1.29, 1.82) is 0 Å². The SMILES string of the molecule is O=C(Nc1sc2c(c1C(=O)O)CCNC2)c1cccnc1NC1CCN(Cc2ccccc2)CC1. The van der Waals surface area contributed by atoms with Gasteiger partial charge >= 0.3 is 5.97 Å². The van der Waals surface area contributed by atoms with E-state index in [4.69, 9.17) is 0 Å². The molecule has 0 bridgehead atoms. The number of carbonyl (C=O) groups excluding carboxylic acids is 1. The first-order valence-corrected chi connectivity index (χ1v) is 12.8. The second-order valence-corrected chi connectivity index (χ2v) is 10.1. The molecule has 0 radical (unpaired) electrons. The molecule has 2 aromatic heterocycles. The van der Waals surface area contributed by atoms with Crippen LogP contribution in [0.1, 0.15) is 49.6 Å². The normalized spacial score (nSPS) is 16.5. The number of hydrogen-bond acceptors (Lipinski definition) is 7. The third-order valence-corrected chi connectivity index (χ3v) is 7.75. The predicted molar refractivity (Wildman–Crippen MR) is 137 cm³/mol. The summed E-state index contributed by atoms with van der Waals surface area (Å²) in [6.07, 6.45) is 4.23. The zero-order valence-corrected chi connectivity index (χ0v) is 20.2. The number of fused-ring (bicyclic) bond motifs is 1. The Morgan fingerprint density at radius 2 is 1.94 bits per heavy atom. The summed E-state index contributed by atoms with van der Waals surface area (Å²) in [5.41, 5.74) is 2.77. The minimum atomic E-state index is -1.01. The fourth-order valence-electron chi connectivity index (χ4n) is 4.79. The van der Waals surface area contributed by atoms with Gasteiger partial charge in [-0.05, 0) is 49.1 Å². The molecule has 0 atom stereocenters. The van der Waals surface area contributed by atoms with E-state index < -0.39 is 5.97 Å². The van der Waals surface area contributed by atoms with Gasteiger partial charge in [-0.2, -0.15) is 0 Å². The van der Waals surface area contributed by atoms with Gasteiger partial charge in [0.15, 0.2) is 0 Å². The monoisotopic (exact) mass is 491 g/mol. The highest BCUT2D eigenvalue weighted by molar-refractivity contribution is 7.17. The number of pyridine rings is 1. The number of hydrogen-bond donors (Lipinski definition) is 4. The molecular weight excluding hydrogens is 462 g/mol. The van der Waals surface area contributed by atoms with Crippen molar-refractivity contribution in [1.82, 2.24) is 15.2 Å². The van der Waals surface area contributed by atoms with Gasteiger partial charge in [-0.15, -0.1) is 11.3 Å². The number of carboxylic acids is 1. The van der Waals surface area contributed by atoms with Crippen LogP contribution in [-0.4, -0.2) is 52.5 Å². The minimum absolute atomic E-state index is 0.212. The Morgan fingerprint density at radius 1 is 1.14 bits per heavy atom. The highest BCUT2D eigenvalue weighted by atomic mass is 32.1. The molecule has 0 unspecified atom stereocenters. The molecule has 2 aliphatic heterocycles. The van der Waals surface area contributed by atoms with Crippen LogP contribution in [0.4, 0.5) is 10.8 Å². The van der Waals surface area contributed by atoms with E-state index >= 15 is 0 Å². The molecule has 4 heterocycles. The average molecular weight is 492 g/mol. The summed E-state index contributed by atoms with van der Waals surface area (Å²) in [6.45, 7) is 4.24. The van der Waals surface area contributed by atoms with Crippen molar-refractivity contribution in [3.63, 3.8) is 0 Å². The summed E-state index contributed by atoms with van der Waals surface area (Å²) in [6, 6.07) is 14.1. The topological polar surface area (TPSA) is 107 Å². The molecule has 0 aliphatic carbocycles. The van der Waals surface area contributed by atoms with Crippen molar-refractivity contribution in [2.75, 3.05) is 30.3 Å². The number of carbonyl (C=O) groups is 2. The predicted octanol–water partition coefficient (Wildman–Crippen LogP) is 3.82. The highest BCUT2D eigenvalue weighted by Crippen LogP contribution is 2.36. The lowest BCUT2D eigenvalue weighted by Crippen LogP contribution is -2.39. The van der Waals surface area contributed by atoms with Gasteiger partial charge in [0, 0.05) is 43.3 Å². The van der Waals surface area contributed by atoms with E-state index in [9.17, 15) is 14.7 Å². The maximum Gasteiger partial charge on any atom is 0.339 e. The van der Waals surface area contributed by atoms with E-state index in [0.717, 1.165) is 49.5 Å². The van der Waals surface area contributed by atoms with E-state index in [2.05, 4.69) is 50.1 Å². The Bertz CT molecular complexity index is 1200. The molecule has 1 aromatic carbocycles. The lowest BCUT2D eigenvalue weighted by Gasteiger charge is -2.32. The molecule has 35 heavy (non-hydrogen) atoms. The van der Waals surface area contributed by atoms with Gasteiger partial charge in [0.25, 0.3) is 5.91 Å². The van der Waals surface area contributed by atoms with Gasteiger partial charge in [0.2, 0.25) is 0 Å². The van der Waals surface area contributed by atoms with Gasteiger partial charge in [-0.3, -0.25) is 9.69 Å². The molecule has 9 heteroatoms. The number of nitrogens with one attached hydrogen (secondary N) is 3. The maximum absolute atomic E-state index is 13.2. The number of rotatable bonds is 7. The number of amides is 1. The number of nitrogens with zero attached hydrogens (tertiary/aromatic N) is 2. The van der Waals surface area contributed by atoms with Gasteiger partial charge in [0.05, 0.1) is 11.1 Å². The van der Waals surface area contributed by atoms with E-state index in [1.807, 2.05) is 6.07 Å². The van der Waals surface area contributed by atoms with Gasteiger partial charge < -0.3 is 21.1 Å². The van der Waals surface area contributed by atoms with Crippen LogP contribution in [0, 0.1) is 0 Å². The Morgan fingerprint density at radius 3 is 2.71 bits per heavy atom. The fraction of sp³-hybridized carbons (Fsp3) is 0.346. The average Bonchev–Trinajstić information content (AvgIpc) is 3.24. The number of likely N-dealkylation sites (tertiary alicyclic amines) is 1. The summed E-state index contributed by atoms with van der Waals surface area (Å²) < 4.78 is 0. The van der Waals surface area contributed by atoms with Crippen molar-refractivity contribution in [2.45, 2.75) is 38.4 Å². The molecule has 1 saturated heterocycles. The van der Waals surface area contributed by atoms with E-state index in [1.165, 1.54) is 16.9 Å². The van der Waals surface area contributed by atoms with Crippen molar-refractivity contribution >= 4 is 34.0 Å². The fourth-order valence-corrected chi connectivity index (χ4v) is 6.00. The number of aromatic nitrogens is 1. The number of benzene rings is 1. The summed E-state index contributed by atoms with van der Waals surface area (Å²) in [5, 5.41) is 19.8. The first-order chi connectivity index (χ1) is 17.1. The van der Waals surface area contributed by atoms with Crippen LogP contribution in [0.25, 0.3) is 0 Å². The largest absolute Gasteiger partial charge is 0.478 e. The molecule has 4 N–H and O–H groups in total. The Hall–Kier alpha value is -3.27. The number of aromatic carboxylic acids is 1. The highest BCUT2D eigenvalue weighted by Gasteiger charge is 2.27. The van der Waals surface area contributed by atoms with E-state index in [-0.39, 0.29) is 17.5 Å². The third-order valence-electron chi connectivity index (χ3n) is 6.60. The van der Waals surface area contributed by atoms with Gasteiger partial charge in [0.1, 0.15) is 10.8 Å². The lowest BCUT2D eigenvalue weighted by atomic mass is 10.0. The Labute approximate surface area is 208 Å². The van der Waals surface area contributed by atoms with Crippen molar-refractivity contribution < 1.29 is 14.7 Å². The first kappa shape index (κ1) is 23.5. The summed E-state index contributed by atoms with van der Waals surface area (Å²) in [4.78, 5) is 33.0. The summed E-state index contributed by atoms with van der Waals surface area (Å²) in [7, 11) is 0. The Balaban J connectivity index is 1.25. The minimum Gasteiger partial charge on any atom is -0.478 e. The maximum atomic E-state index is 13.2. The van der Waals surface area contributed by atoms with Crippen LogP contribution in [0.5, 0.6) is 0 Å². The van der Waals surface area contributed by atoms with Crippen molar-refractivity contribution in [3.05, 3.63) is 75.8 Å². The van der Waals surface area contributed by atoms with E-state index in [0.29, 0.717) is 29.3 Å². The molecule has 182 valence electrons. The van der Waals surface area contributed by atoms with Crippen LogP contribution in [0.2, 0.25) is 0 Å². The third kappa shape index (κ3) is 5.37. The summed E-state index contributed by atoms with van der Waals surface area (Å²) in [5.74, 6) is -0.825. The number of thiophene rings is 1. The quantitative estimate of drug-likeness (QED) is 0.398. The summed E-state index contributed by atoms with van der Waals surface area (Å²) >= 11 is 1.33. The van der Waals surface area contributed by atoms with Crippen LogP contribution in [0.3, 0.4) is 0 Å². The molecule has 5 rings (SSSR count). The molecule has 1 fully saturated rings. The van der Waals surface area contributed by atoms with Crippen LogP contribution in [-0.2, 0) is 19.5 Å². The van der Waals surface area contributed by atoms with Crippen LogP contribution in [0.15, 0.2) is 48.7 Å². The smallest absolute Gasteiger partial charge is 0.339 e. The van der Waals surface area contributed by atoms with Crippen molar-refractivity contribution in [3.8, 4) is 0 Å².